The van der Waals surface area contributed by atoms with Crippen LogP contribution in [0.1, 0.15) is 0 Å². The first-order valence-electron chi connectivity index (χ1n) is 11.4. The average Bonchev–Trinajstić information content (AvgIpc) is 2.92. The van der Waals surface area contributed by atoms with Gasteiger partial charge >= 0.3 is 0 Å². The largest absolute Gasteiger partial charge is 0.264 e. The van der Waals surface area contributed by atoms with E-state index in [4.69, 9.17) is 4.98 Å². The van der Waals surface area contributed by atoms with Gasteiger partial charge in [0.05, 0.1) is 11.4 Å². The van der Waals surface area contributed by atoms with Crippen molar-refractivity contribution >= 4 is 32.3 Å². The quantitative estimate of drug-likeness (QED) is 0.267. The molecule has 3 nitrogen and oxygen atoms in total. The fourth-order valence-electron chi connectivity index (χ4n) is 5.14. The zero-order valence-corrected chi connectivity index (χ0v) is 18.3. The number of benzene rings is 4. The number of pyridine rings is 3. The molecule has 4 aromatic carbocycles. The molecule has 7 aromatic rings. The Morgan fingerprint density at radius 3 is 1.85 bits per heavy atom. The first kappa shape index (κ1) is 18.9. The highest BCUT2D eigenvalue weighted by Crippen LogP contribution is 2.45. The van der Waals surface area contributed by atoms with Crippen molar-refractivity contribution < 1.29 is 0 Å². The summed E-state index contributed by atoms with van der Waals surface area (Å²) in [6, 6.07) is 31.9. The van der Waals surface area contributed by atoms with Crippen molar-refractivity contribution in [2.24, 2.45) is 0 Å². The number of hydrogen-bond donors (Lipinski definition) is 0. The second kappa shape index (κ2) is 7.46. The van der Waals surface area contributed by atoms with Gasteiger partial charge in [0.1, 0.15) is 0 Å². The highest BCUT2D eigenvalue weighted by molar-refractivity contribution is 6.29. The molecule has 0 aliphatic heterocycles. The van der Waals surface area contributed by atoms with Crippen LogP contribution in [0.15, 0.2) is 116 Å². The third-order valence-electron chi connectivity index (χ3n) is 6.64. The molecule has 0 bridgehead atoms. The number of hydrogen-bond acceptors (Lipinski definition) is 3. The van der Waals surface area contributed by atoms with Crippen molar-refractivity contribution in [2.75, 3.05) is 0 Å². The number of nitrogens with zero attached hydrogens (tertiary/aromatic N) is 3. The molecule has 3 aromatic heterocycles. The monoisotopic (exact) mass is 433 g/mol. The van der Waals surface area contributed by atoms with Crippen LogP contribution < -0.4 is 0 Å². The molecule has 0 spiro atoms. The lowest BCUT2D eigenvalue weighted by atomic mass is 9.85. The van der Waals surface area contributed by atoms with E-state index in [1.807, 2.05) is 55.1 Å². The third kappa shape index (κ3) is 2.81. The van der Waals surface area contributed by atoms with Crippen LogP contribution in [0.5, 0.6) is 0 Å². The van der Waals surface area contributed by atoms with Gasteiger partial charge in [-0.1, -0.05) is 54.6 Å². The summed E-state index contributed by atoms with van der Waals surface area (Å²) in [5.74, 6) is 0. The normalized spacial score (nSPS) is 11.5. The topological polar surface area (TPSA) is 38.7 Å². The fourth-order valence-corrected chi connectivity index (χ4v) is 5.14. The van der Waals surface area contributed by atoms with Gasteiger partial charge in [0, 0.05) is 41.5 Å². The van der Waals surface area contributed by atoms with E-state index in [9.17, 15) is 0 Å². The van der Waals surface area contributed by atoms with Crippen LogP contribution in [-0.2, 0) is 0 Å². The maximum Gasteiger partial charge on any atom is 0.0708 e. The van der Waals surface area contributed by atoms with Gasteiger partial charge in [-0.3, -0.25) is 15.0 Å². The summed E-state index contributed by atoms with van der Waals surface area (Å²) in [6.45, 7) is 0. The van der Waals surface area contributed by atoms with Gasteiger partial charge in [0.25, 0.3) is 0 Å². The van der Waals surface area contributed by atoms with Gasteiger partial charge in [0.15, 0.2) is 0 Å². The van der Waals surface area contributed by atoms with E-state index in [-0.39, 0.29) is 0 Å². The lowest BCUT2D eigenvalue weighted by molar-refractivity contribution is 1.32. The van der Waals surface area contributed by atoms with Crippen molar-refractivity contribution in [1.82, 2.24) is 15.0 Å². The molecule has 0 atom stereocenters. The summed E-state index contributed by atoms with van der Waals surface area (Å²) < 4.78 is 0. The maximum absolute atomic E-state index is 4.71. The molecule has 0 unspecified atom stereocenters. The van der Waals surface area contributed by atoms with Crippen molar-refractivity contribution in [3.63, 3.8) is 0 Å². The van der Waals surface area contributed by atoms with E-state index in [1.165, 1.54) is 37.9 Å². The Morgan fingerprint density at radius 1 is 0.471 bits per heavy atom. The average molecular weight is 434 g/mol. The molecule has 3 heteroatoms. The number of aromatic nitrogens is 3. The Morgan fingerprint density at radius 2 is 1.15 bits per heavy atom. The molecule has 0 amide bonds. The Kier molecular flexibility index (Phi) is 4.15. The van der Waals surface area contributed by atoms with E-state index in [1.54, 1.807) is 0 Å². The third-order valence-corrected chi connectivity index (χ3v) is 6.64. The molecule has 0 aliphatic rings. The van der Waals surface area contributed by atoms with Crippen molar-refractivity contribution in [1.29, 1.82) is 0 Å². The van der Waals surface area contributed by atoms with Gasteiger partial charge in [-0.25, -0.2) is 0 Å². The molecular formula is C31H19N3. The molecule has 0 aliphatic carbocycles. The Balaban J connectivity index is 1.67. The van der Waals surface area contributed by atoms with E-state index >= 15 is 0 Å². The smallest absolute Gasteiger partial charge is 0.0708 e. The van der Waals surface area contributed by atoms with Crippen molar-refractivity contribution in [3.8, 4) is 33.6 Å². The van der Waals surface area contributed by atoms with E-state index in [2.05, 4.69) is 70.6 Å². The molecule has 7 rings (SSSR count). The molecule has 158 valence electrons. The summed E-state index contributed by atoms with van der Waals surface area (Å²) in [5, 5.41) is 7.39. The molecule has 0 radical (unpaired) electrons. The second-order valence-electron chi connectivity index (χ2n) is 8.50. The van der Waals surface area contributed by atoms with Gasteiger partial charge in [-0.05, 0) is 74.3 Å². The van der Waals surface area contributed by atoms with E-state index in [0.717, 1.165) is 28.1 Å². The molecule has 3 heterocycles. The van der Waals surface area contributed by atoms with Crippen molar-refractivity contribution in [3.05, 3.63) is 116 Å². The first-order chi connectivity index (χ1) is 16.9. The molecule has 34 heavy (non-hydrogen) atoms. The maximum atomic E-state index is 4.71. The lowest BCUT2D eigenvalue weighted by Crippen LogP contribution is -1.93. The fraction of sp³-hybridized carbons (Fsp3) is 0. The molecule has 0 saturated carbocycles. The minimum Gasteiger partial charge on any atom is -0.264 e. The summed E-state index contributed by atoms with van der Waals surface area (Å²) in [7, 11) is 0. The minimum absolute atomic E-state index is 0.968. The highest BCUT2D eigenvalue weighted by atomic mass is 14.7. The highest BCUT2D eigenvalue weighted by Gasteiger charge is 2.18. The summed E-state index contributed by atoms with van der Waals surface area (Å²) in [5.41, 5.74) is 6.49. The standard InChI is InChI=1S/C31H19N3/c1-3-16-33-28(7-1)22-11-9-20-10-12-24-26(21-6-5-15-32-19-21)18-27(29-8-2-4-17-34-29)25-14-13-23(22)30(20)31(24)25/h1-19H. The Labute approximate surface area is 196 Å². The zero-order chi connectivity index (χ0) is 22.5. The summed E-state index contributed by atoms with van der Waals surface area (Å²) >= 11 is 0. The second-order valence-corrected chi connectivity index (χ2v) is 8.50. The van der Waals surface area contributed by atoms with Crippen LogP contribution in [-0.4, -0.2) is 15.0 Å². The van der Waals surface area contributed by atoms with E-state index < -0.39 is 0 Å². The number of rotatable bonds is 3. The SMILES string of the molecule is c1ccc(-c2ccc3ccc4c(-c5cccnc5)cc(-c5ccccn5)c5ccc2c3c45)nc1. The van der Waals surface area contributed by atoms with Crippen LogP contribution in [0.3, 0.4) is 0 Å². The minimum atomic E-state index is 0.968. The zero-order valence-electron chi connectivity index (χ0n) is 18.3. The molecular weight excluding hydrogens is 414 g/mol. The van der Waals surface area contributed by atoms with Crippen LogP contribution in [0.2, 0.25) is 0 Å². The van der Waals surface area contributed by atoms with E-state index in [0.29, 0.717) is 0 Å². The predicted octanol–water partition coefficient (Wildman–Crippen LogP) is 7.77. The van der Waals surface area contributed by atoms with Gasteiger partial charge in [0.2, 0.25) is 0 Å². The molecule has 0 saturated heterocycles. The van der Waals surface area contributed by atoms with Crippen LogP contribution in [0, 0.1) is 0 Å². The Bertz CT molecular complexity index is 1720. The van der Waals surface area contributed by atoms with Gasteiger partial charge in [-0.2, -0.15) is 0 Å². The Hall–Kier alpha value is -4.63. The van der Waals surface area contributed by atoms with Crippen LogP contribution >= 0.6 is 0 Å². The summed E-state index contributed by atoms with van der Waals surface area (Å²) in [4.78, 5) is 13.8. The van der Waals surface area contributed by atoms with Crippen LogP contribution in [0.4, 0.5) is 0 Å². The van der Waals surface area contributed by atoms with Crippen molar-refractivity contribution in [2.45, 2.75) is 0 Å². The lowest BCUT2D eigenvalue weighted by Gasteiger charge is -2.18. The first-order valence-corrected chi connectivity index (χ1v) is 11.4. The molecule has 0 fully saturated rings. The van der Waals surface area contributed by atoms with Crippen LogP contribution in [0.25, 0.3) is 66.0 Å². The van der Waals surface area contributed by atoms with Gasteiger partial charge < -0.3 is 0 Å². The molecule has 0 N–H and O–H groups in total. The predicted molar refractivity (Wildman–Crippen MR) is 140 cm³/mol. The van der Waals surface area contributed by atoms with Gasteiger partial charge in [-0.15, -0.1) is 0 Å². The summed E-state index contributed by atoms with van der Waals surface area (Å²) in [6.07, 6.45) is 7.47.